The number of phosphoric ester groups is 1. The molecular weight excluding hydrogens is 301 g/mol. The zero-order valence-electron chi connectivity index (χ0n) is 13.4. The largest absolute Gasteiger partial charge is 0.754 e. The van der Waals surface area contributed by atoms with Gasteiger partial charge in [-0.3, -0.25) is 9.45 Å². The Morgan fingerprint density at radius 1 is 1.29 bits per heavy atom. The number of carbonyl (C=O) groups excluding carboxylic acids is 1. The second-order valence-electron chi connectivity index (χ2n) is 4.76. The van der Waals surface area contributed by atoms with Crippen LogP contribution in [0, 0.1) is 0 Å². The van der Waals surface area contributed by atoms with E-state index >= 15 is 0 Å². The molecule has 0 rings (SSSR count). The molecule has 0 radical (unpaired) electrons. The first kappa shape index (κ1) is 22.5. The number of hydrogen-bond acceptors (Lipinski definition) is 7. The fraction of sp³-hybridized carbons (Fsp3) is 0.750. The second kappa shape index (κ2) is 11.9. The molecule has 0 spiro atoms. The summed E-state index contributed by atoms with van der Waals surface area (Å²) in [5.41, 5.74) is 0. The molecule has 0 aliphatic carbocycles. The van der Waals surface area contributed by atoms with Gasteiger partial charge >= 0.3 is 13.8 Å². The Kier molecular flexibility index (Phi) is 12.7. The number of quaternary nitrogens is 1. The van der Waals surface area contributed by atoms with Gasteiger partial charge in [0.25, 0.3) is 0 Å². The average Bonchev–Trinajstić information content (AvgIpc) is 2.35. The van der Waals surface area contributed by atoms with E-state index in [0.29, 0.717) is 0 Å². The van der Waals surface area contributed by atoms with Crippen LogP contribution in [0.15, 0.2) is 12.7 Å². The molecule has 0 amide bonds. The third-order valence-corrected chi connectivity index (χ3v) is 2.61. The Bertz CT molecular complexity index is 341. The van der Waals surface area contributed by atoms with Gasteiger partial charge in [-0.15, -0.1) is 4.67 Å². The minimum absolute atomic E-state index is 0.0909. The van der Waals surface area contributed by atoms with Crippen LogP contribution in [0.3, 0.4) is 0 Å². The Hall–Kier alpha value is -0.760. The molecule has 0 saturated carbocycles. The molecule has 0 aromatic carbocycles. The van der Waals surface area contributed by atoms with Gasteiger partial charge in [-0.05, 0) is 13.8 Å². The molecule has 0 heterocycles. The van der Waals surface area contributed by atoms with E-state index < -0.39 is 13.8 Å². The molecule has 0 aliphatic heterocycles. The molecule has 0 N–H and O–H groups in total. The highest BCUT2D eigenvalue weighted by Gasteiger charge is 2.11. The quantitative estimate of drug-likeness (QED) is 0.155. The van der Waals surface area contributed by atoms with E-state index in [-0.39, 0.29) is 6.61 Å². The van der Waals surface area contributed by atoms with E-state index in [4.69, 9.17) is 4.74 Å². The molecular formula is C12H26NO7P. The molecule has 8 nitrogen and oxygen atoms in total. The number of hydrogen-bond donors (Lipinski definition) is 0. The summed E-state index contributed by atoms with van der Waals surface area (Å²) in [6.45, 7) is 9.20. The van der Waals surface area contributed by atoms with Crippen LogP contribution in [0.1, 0.15) is 13.8 Å². The van der Waals surface area contributed by atoms with Crippen molar-refractivity contribution in [3.05, 3.63) is 12.7 Å². The van der Waals surface area contributed by atoms with Crippen molar-refractivity contribution in [3.8, 4) is 0 Å². The van der Waals surface area contributed by atoms with Crippen LogP contribution in [0.5, 0.6) is 0 Å². The second-order valence-corrected chi connectivity index (χ2v) is 6.06. The van der Waals surface area contributed by atoms with Crippen molar-refractivity contribution >= 4 is 13.8 Å². The molecule has 0 aromatic rings. The van der Waals surface area contributed by atoms with Gasteiger partial charge in [-0.1, -0.05) is 6.58 Å². The molecule has 1 unspecified atom stereocenters. The number of nitrogens with zero attached hydrogens (tertiary/aromatic N) is 1. The molecule has 9 heteroatoms. The summed E-state index contributed by atoms with van der Waals surface area (Å²) in [6.07, 6.45) is 0.756. The van der Waals surface area contributed by atoms with Crippen molar-refractivity contribution < 1.29 is 37.6 Å². The molecule has 0 fully saturated rings. The van der Waals surface area contributed by atoms with Crippen LogP contribution in [-0.2, 0) is 28.2 Å². The Morgan fingerprint density at radius 3 is 2.24 bits per heavy atom. The lowest BCUT2D eigenvalue weighted by molar-refractivity contribution is -0.870. The topological polar surface area (TPSA) is 94.1 Å². The highest BCUT2D eigenvalue weighted by Crippen LogP contribution is 2.37. The number of likely N-dealkylation sites (N-methyl/N-ethyl adjacent to an activating group) is 1. The minimum Gasteiger partial charge on any atom is -0.754 e. The van der Waals surface area contributed by atoms with Gasteiger partial charge in [0, 0.05) is 12.7 Å². The number of phosphoric acid groups is 1. The third kappa shape index (κ3) is 19.2. The van der Waals surface area contributed by atoms with Gasteiger partial charge in [-0.2, -0.15) is 0 Å². The predicted octanol–water partition coefficient (Wildman–Crippen LogP) is 0.881. The van der Waals surface area contributed by atoms with Crippen molar-refractivity contribution in [2.45, 2.75) is 13.8 Å². The summed E-state index contributed by atoms with van der Waals surface area (Å²) in [4.78, 5) is 24.6. The molecule has 126 valence electrons. The van der Waals surface area contributed by atoms with Crippen LogP contribution >= 0.6 is 7.82 Å². The molecule has 0 aromatic heterocycles. The first-order valence-corrected chi connectivity index (χ1v) is 7.90. The Morgan fingerprint density at radius 2 is 1.86 bits per heavy atom. The summed E-state index contributed by atoms with van der Waals surface area (Å²) in [7, 11) is 2.00. The van der Waals surface area contributed by atoms with Gasteiger partial charge < -0.3 is 18.6 Å². The zero-order chi connectivity index (χ0) is 16.9. The van der Waals surface area contributed by atoms with Gasteiger partial charge in [0.1, 0.15) is 6.54 Å². The summed E-state index contributed by atoms with van der Waals surface area (Å²) >= 11 is 0. The number of rotatable bonds is 9. The average molecular weight is 327 g/mol. The Labute approximate surface area is 126 Å². The van der Waals surface area contributed by atoms with E-state index in [1.54, 1.807) is 0 Å². The van der Waals surface area contributed by atoms with Crippen molar-refractivity contribution in [2.24, 2.45) is 0 Å². The van der Waals surface area contributed by atoms with Crippen molar-refractivity contribution in [3.63, 3.8) is 0 Å². The first-order valence-electron chi connectivity index (χ1n) is 6.44. The van der Waals surface area contributed by atoms with E-state index in [9.17, 15) is 14.3 Å². The van der Waals surface area contributed by atoms with Crippen LogP contribution in [-0.4, -0.2) is 58.0 Å². The lowest BCUT2D eigenvalue weighted by atomic mass is 10.5. The van der Waals surface area contributed by atoms with Crippen molar-refractivity contribution in [2.75, 3.05) is 47.5 Å². The van der Waals surface area contributed by atoms with Crippen LogP contribution in [0.2, 0.25) is 0 Å². The standard InChI is InChI=1S/C7H18NO.C5H9O6P/c1-5-9-7-6-8(2,3)4;1-3-5(6)10-11-12(7,8)9-4-2/h5-7H2,1-4H3;3H,1,4H2,2H3,(H,7,8)/q+1;/p-1. The number of ether oxygens (including phenoxy) is 1. The van der Waals surface area contributed by atoms with Gasteiger partial charge in [0.05, 0.1) is 34.4 Å². The minimum atomic E-state index is -4.50. The molecule has 1 atom stereocenters. The maximum absolute atomic E-state index is 10.5. The van der Waals surface area contributed by atoms with Crippen LogP contribution in [0.25, 0.3) is 0 Å². The molecule has 0 aliphatic rings. The predicted molar refractivity (Wildman–Crippen MR) is 76.0 cm³/mol. The monoisotopic (exact) mass is 327 g/mol. The van der Waals surface area contributed by atoms with E-state index in [1.165, 1.54) is 6.92 Å². The summed E-state index contributed by atoms with van der Waals surface area (Å²) in [5, 5.41) is 0. The van der Waals surface area contributed by atoms with Crippen LogP contribution < -0.4 is 4.89 Å². The lowest BCUT2D eigenvalue weighted by Gasteiger charge is -2.23. The zero-order valence-corrected chi connectivity index (χ0v) is 14.3. The third-order valence-electron chi connectivity index (χ3n) is 1.78. The Balaban J connectivity index is 0. The SMILES string of the molecule is C=CC(=O)OOP(=O)([O-])OCC.CCOCC[N+](C)(C)C. The maximum Gasteiger partial charge on any atom is 0.365 e. The fourth-order valence-electron chi connectivity index (χ4n) is 0.779. The van der Waals surface area contributed by atoms with Gasteiger partial charge in [-0.25, -0.2) is 4.79 Å². The molecule has 21 heavy (non-hydrogen) atoms. The summed E-state index contributed by atoms with van der Waals surface area (Å²) < 4.78 is 24.5. The molecule has 0 saturated heterocycles. The maximum atomic E-state index is 10.5. The van der Waals surface area contributed by atoms with E-state index in [2.05, 4.69) is 41.8 Å². The van der Waals surface area contributed by atoms with Crippen LogP contribution in [0.4, 0.5) is 0 Å². The normalized spacial score (nSPS) is 13.6. The van der Waals surface area contributed by atoms with Crippen molar-refractivity contribution in [1.29, 1.82) is 0 Å². The van der Waals surface area contributed by atoms with E-state index in [0.717, 1.165) is 30.3 Å². The van der Waals surface area contributed by atoms with Gasteiger partial charge in [0.2, 0.25) is 0 Å². The summed E-state index contributed by atoms with van der Waals surface area (Å²) in [6, 6.07) is 0. The van der Waals surface area contributed by atoms with E-state index in [1.807, 2.05) is 6.92 Å². The van der Waals surface area contributed by atoms with Crippen molar-refractivity contribution in [1.82, 2.24) is 0 Å². The fourth-order valence-corrected chi connectivity index (χ4v) is 1.30. The first-order chi connectivity index (χ1) is 9.58. The summed E-state index contributed by atoms with van der Waals surface area (Å²) in [5.74, 6) is -1.01. The number of carbonyl (C=O) groups is 1. The highest BCUT2D eigenvalue weighted by molar-refractivity contribution is 7.45. The highest BCUT2D eigenvalue weighted by atomic mass is 31.2. The smallest absolute Gasteiger partial charge is 0.365 e. The van der Waals surface area contributed by atoms with Gasteiger partial charge in [0.15, 0.2) is 0 Å². The lowest BCUT2D eigenvalue weighted by Crippen LogP contribution is -2.37. The molecule has 0 bridgehead atoms.